The molecule has 3 rings (SSSR count). The fourth-order valence-electron chi connectivity index (χ4n) is 2.27. The number of ether oxygens (including phenoxy) is 1. The average molecular weight is 341 g/mol. The minimum atomic E-state index is -0.986. The highest BCUT2D eigenvalue weighted by molar-refractivity contribution is 5.98. The maximum Gasteiger partial charge on any atom is 0.286 e. The molecule has 0 spiro atoms. The topological polar surface area (TPSA) is 83.2 Å². The van der Waals surface area contributed by atoms with E-state index in [0.29, 0.717) is 5.69 Å². The van der Waals surface area contributed by atoms with Crippen molar-refractivity contribution in [2.45, 2.75) is 13.0 Å². The molecule has 0 unspecified atom stereocenters. The molecule has 1 atom stereocenters. The van der Waals surface area contributed by atoms with Crippen molar-refractivity contribution in [1.29, 1.82) is 0 Å². The number of carbonyl (C=O) groups excluding carboxylic acids is 2. The van der Waals surface area contributed by atoms with Crippen LogP contribution in [-0.2, 0) is 4.79 Å². The summed E-state index contributed by atoms with van der Waals surface area (Å²) < 4.78 is 18.8. The minimum absolute atomic E-state index is 0.0351. The van der Waals surface area contributed by atoms with Gasteiger partial charge in [0.15, 0.2) is 17.7 Å². The number of halogens is 1. The molecule has 0 aliphatic heterocycles. The van der Waals surface area contributed by atoms with Crippen LogP contribution in [0.4, 0.5) is 4.39 Å². The van der Waals surface area contributed by atoms with Crippen molar-refractivity contribution in [3.05, 3.63) is 66.1 Å². The molecule has 2 aromatic carbocycles. The third-order valence-electron chi connectivity index (χ3n) is 3.58. The Morgan fingerprint density at radius 3 is 2.56 bits per heavy atom. The SMILES string of the molecule is C[C@@H](Oc1ccccc1F)C(=O)NNC(=O)c1cc2ccccc2[nH]1. The number of aromatic nitrogens is 1. The Balaban J connectivity index is 1.57. The van der Waals surface area contributed by atoms with Crippen molar-refractivity contribution in [2.75, 3.05) is 0 Å². The summed E-state index contributed by atoms with van der Waals surface area (Å²) in [5.41, 5.74) is 5.68. The van der Waals surface area contributed by atoms with Gasteiger partial charge < -0.3 is 9.72 Å². The average Bonchev–Trinajstić information content (AvgIpc) is 3.05. The summed E-state index contributed by atoms with van der Waals surface area (Å²) in [6, 6.07) is 14.9. The molecule has 0 radical (unpaired) electrons. The first-order valence-electron chi connectivity index (χ1n) is 7.64. The largest absolute Gasteiger partial charge is 0.478 e. The summed E-state index contributed by atoms with van der Waals surface area (Å²) in [5.74, 6) is -1.70. The molecular formula is C18H16FN3O3. The van der Waals surface area contributed by atoms with Gasteiger partial charge in [-0.05, 0) is 31.2 Å². The van der Waals surface area contributed by atoms with Gasteiger partial charge in [-0.1, -0.05) is 30.3 Å². The van der Waals surface area contributed by atoms with Gasteiger partial charge in [-0.3, -0.25) is 20.4 Å². The second-order valence-corrected chi connectivity index (χ2v) is 5.40. The van der Waals surface area contributed by atoms with Crippen LogP contribution in [-0.4, -0.2) is 22.9 Å². The van der Waals surface area contributed by atoms with Crippen molar-refractivity contribution >= 4 is 22.7 Å². The lowest BCUT2D eigenvalue weighted by molar-refractivity contribution is -0.128. The van der Waals surface area contributed by atoms with Gasteiger partial charge in [-0.15, -0.1) is 0 Å². The highest BCUT2D eigenvalue weighted by Gasteiger charge is 2.18. The lowest BCUT2D eigenvalue weighted by atomic mass is 10.2. The Morgan fingerprint density at radius 2 is 1.80 bits per heavy atom. The number of benzene rings is 2. The van der Waals surface area contributed by atoms with Gasteiger partial charge in [-0.2, -0.15) is 0 Å². The molecule has 0 fully saturated rings. The number of para-hydroxylation sites is 2. The lowest BCUT2D eigenvalue weighted by Gasteiger charge is -2.15. The van der Waals surface area contributed by atoms with E-state index in [1.54, 1.807) is 12.1 Å². The van der Waals surface area contributed by atoms with Crippen LogP contribution in [0.15, 0.2) is 54.6 Å². The second-order valence-electron chi connectivity index (χ2n) is 5.40. The van der Waals surface area contributed by atoms with Gasteiger partial charge in [0, 0.05) is 10.9 Å². The Hall–Kier alpha value is -3.35. The number of hydrogen-bond donors (Lipinski definition) is 3. The third kappa shape index (κ3) is 3.77. The molecule has 0 aliphatic carbocycles. The van der Waals surface area contributed by atoms with Crippen LogP contribution >= 0.6 is 0 Å². The summed E-state index contributed by atoms with van der Waals surface area (Å²) in [4.78, 5) is 27.0. The van der Waals surface area contributed by atoms with Crippen LogP contribution < -0.4 is 15.6 Å². The normalized spacial score (nSPS) is 11.8. The Kier molecular flexibility index (Phi) is 4.65. The molecular weight excluding hydrogens is 325 g/mol. The first-order chi connectivity index (χ1) is 12.0. The van der Waals surface area contributed by atoms with Crippen LogP contribution in [0.2, 0.25) is 0 Å². The van der Waals surface area contributed by atoms with Crippen molar-refractivity contribution in [3.8, 4) is 5.75 Å². The standard InChI is InChI=1S/C18H16FN3O3/c1-11(25-16-9-5-3-7-13(16)19)17(23)21-22-18(24)15-10-12-6-2-4-8-14(12)20-15/h2-11,20H,1H3,(H,21,23)(H,22,24)/t11-/m1/s1. The third-order valence-corrected chi connectivity index (χ3v) is 3.58. The van der Waals surface area contributed by atoms with Crippen molar-refractivity contribution < 1.29 is 18.7 Å². The predicted molar refractivity (Wildman–Crippen MR) is 90.4 cm³/mol. The first kappa shape index (κ1) is 16.5. The highest BCUT2D eigenvalue weighted by Crippen LogP contribution is 2.17. The zero-order chi connectivity index (χ0) is 17.8. The molecule has 0 saturated heterocycles. The fourth-order valence-corrected chi connectivity index (χ4v) is 2.27. The van der Waals surface area contributed by atoms with Crippen LogP contribution in [0.1, 0.15) is 17.4 Å². The predicted octanol–water partition coefficient (Wildman–Crippen LogP) is 2.54. The Labute approximate surface area is 143 Å². The van der Waals surface area contributed by atoms with Crippen molar-refractivity contribution in [2.24, 2.45) is 0 Å². The van der Waals surface area contributed by atoms with Gasteiger partial charge in [0.1, 0.15) is 5.69 Å². The maximum absolute atomic E-state index is 13.5. The molecule has 3 aromatic rings. The number of amides is 2. The quantitative estimate of drug-likeness (QED) is 0.638. The van der Waals surface area contributed by atoms with Crippen LogP contribution in [0.5, 0.6) is 5.75 Å². The smallest absolute Gasteiger partial charge is 0.286 e. The van der Waals surface area contributed by atoms with Crippen molar-refractivity contribution in [3.63, 3.8) is 0 Å². The summed E-state index contributed by atoms with van der Waals surface area (Å²) in [7, 11) is 0. The number of hydrazine groups is 1. The van der Waals surface area contributed by atoms with Crippen LogP contribution in [0, 0.1) is 5.82 Å². The molecule has 0 bridgehead atoms. The number of aromatic amines is 1. The van der Waals surface area contributed by atoms with Gasteiger partial charge in [0.25, 0.3) is 11.8 Å². The van der Waals surface area contributed by atoms with E-state index in [1.165, 1.54) is 25.1 Å². The highest BCUT2D eigenvalue weighted by atomic mass is 19.1. The van der Waals surface area contributed by atoms with Crippen LogP contribution in [0.3, 0.4) is 0 Å². The van der Waals surface area contributed by atoms with E-state index in [9.17, 15) is 14.0 Å². The summed E-state index contributed by atoms with van der Waals surface area (Å²) in [6.45, 7) is 1.46. The van der Waals surface area contributed by atoms with Gasteiger partial charge in [0.2, 0.25) is 0 Å². The second kappa shape index (κ2) is 7.04. The molecule has 0 saturated carbocycles. The number of carbonyl (C=O) groups is 2. The summed E-state index contributed by atoms with van der Waals surface area (Å²) in [5, 5.41) is 0.884. The van der Waals surface area contributed by atoms with Gasteiger partial charge >= 0.3 is 0 Å². The van der Waals surface area contributed by atoms with Crippen LogP contribution in [0.25, 0.3) is 10.9 Å². The summed E-state index contributed by atoms with van der Waals surface area (Å²) in [6.07, 6.45) is -0.986. The van der Waals surface area contributed by atoms with Gasteiger partial charge in [-0.25, -0.2) is 4.39 Å². The number of H-pyrrole nitrogens is 1. The van der Waals surface area contributed by atoms with E-state index in [0.717, 1.165) is 10.9 Å². The summed E-state index contributed by atoms with van der Waals surface area (Å²) >= 11 is 0. The Bertz CT molecular complexity index is 890. The van der Waals surface area contributed by atoms with Crippen molar-refractivity contribution in [1.82, 2.24) is 15.8 Å². The molecule has 2 amide bonds. The Morgan fingerprint density at radius 1 is 1.08 bits per heavy atom. The molecule has 1 heterocycles. The molecule has 25 heavy (non-hydrogen) atoms. The fraction of sp³-hybridized carbons (Fsp3) is 0.111. The number of nitrogens with one attached hydrogen (secondary N) is 3. The van der Waals surface area contributed by atoms with E-state index in [4.69, 9.17) is 4.74 Å². The first-order valence-corrected chi connectivity index (χ1v) is 7.64. The van der Waals surface area contributed by atoms with E-state index >= 15 is 0 Å². The molecule has 6 nitrogen and oxygen atoms in total. The lowest BCUT2D eigenvalue weighted by Crippen LogP contribution is -2.47. The van der Waals surface area contributed by atoms with E-state index in [1.807, 2.05) is 24.3 Å². The molecule has 7 heteroatoms. The zero-order valence-electron chi connectivity index (χ0n) is 13.4. The van der Waals surface area contributed by atoms with E-state index in [-0.39, 0.29) is 5.75 Å². The number of rotatable bonds is 4. The molecule has 128 valence electrons. The van der Waals surface area contributed by atoms with E-state index < -0.39 is 23.7 Å². The molecule has 0 aliphatic rings. The number of fused-ring (bicyclic) bond motifs is 1. The monoisotopic (exact) mass is 341 g/mol. The minimum Gasteiger partial charge on any atom is -0.478 e. The molecule has 1 aromatic heterocycles. The number of hydrogen-bond acceptors (Lipinski definition) is 3. The van der Waals surface area contributed by atoms with Gasteiger partial charge in [0.05, 0.1) is 0 Å². The molecule has 3 N–H and O–H groups in total. The zero-order valence-corrected chi connectivity index (χ0v) is 13.4. The maximum atomic E-state index is 13.5. The van der Waals surface area contributed by atoms with E-state index in [2.05, 4.69) is 15.8 Å².